The van der Waals surface area contributed by atoms with Gasteiger partial charge in [-0.3, -0.25) is 4.79 Å². The van der Waals surface area contributed by atoms with E-state index >= 15 is 0 Å². The average Bonchev–Trinajstić information content (AvgIpc) is 2.58. The second kappa shape index (κ2) is 8.77. The normalized spacial score (nSPS) is 14.2. The van der Waals surface area contributed by atoms with E-state index in [2.05, 4.69) is 4.90 Å². The lowest BCUT2D eigenvalue weighted by Crippen LogP contribution is -2.32. The van der Waals surface area contributed by atoms with Crippen LogP contribution in [0.15, 0.2) is 28.7 Å². The molecular weight excluding hydrogens is 352 g/mol. The molecular formula is C19H22N2O4S. The Balaban J connectivity index is 2.20. The summed E-state index contributed by atoms with van der Waals surface area (Å²) in [6, 6.07) is 7.69. The van der Waals surface area contributed by atoms with Crippen molar-refractivity contribution < 1.29 is 19.1 Å². The fourth-order valence-electron chi connectivity index (χ4n) is 2.46. The van der Waals surface area contributed by atoms with E-state index in [0.29, 0.717) is 19.6 Å². The van der Waals surface area contributed by atoms with Gasteiger partial charge in [0.25, 0.3) is 6.47 Å². The average molecular weight is 374 g/mol. The highest BCUT2D eigenvalue weighted by atomic mass is 32.2. The van der Waals surface area contributed by atoms with Gasteiger partial charge in [-0.2, -0.15) is 5.26 Å². The molecule has 26 heavy (non-hydrogen) atoms. The predicted molar refractivity (Wildman–Crippen MR) is 101 cm³/mol. The maximum absolute atomic E-state index is 12.1. The van der Waals surface area contributed by atoms with Crippen molar-refractivity contribution in [3.8, 4) is 6.07 Å². The van der Waals surface area contributed by atoms with Crippen molar-refractivity contribution in [1.29, 1.82) is 5.26 Å². The number of esters is 1. The Labute approximate surface area is 157 Å². The highest BCUT2D eigenvalue weighted by Gasteiger charge is 2.21. The van der Waals surface area contributed by atoms with Gasteiger partial charge in [0.05, 0.1) is 12.2 Å². The van der Waals surface area contributed by atoms with Crippen LogP contribution in [0.3, 0.4) is 0 Å². The number of hydrogen-bond acceptors (Lipinski definition) is 7. The third kappa shape index (κ3) is 5.53. The van der Waals surface area contributed by atoms with Crippen LogP contribution in [-0.2, 0) is 19.1 Å². The van der Waals surface area contributed by atoms with Crippen LogP contribution in [0.5, 0.6) is 0 Å². The van der Waals surface area contributed by atoms with Crippen LogP contribution < -0.4 is 4.90 Å². The summed E-state index contributed by atoms with van der Waals surface area (Å²) in [5, 5.41) is 9.28. The fraction of sp³-hybridized carbons (Fsp3) is 0.421. The van der Waals surface area contributed by atoms with Gasteiger partial charge in [-0.25, -0.2) is 4.79 Å². The molecule has 1 aliphatic rings. The number of hydrogen-bond donors (Lipinski definition) is 0. The molecule has 0 bridgehead atoms. The monoisotopic (exact) mass is 374 g/mol. The summed E-state index contributed by atoms with van der Waals surface area (Å²) in [6.07, 6.45) is 1.55. The third-order valence-electron chi connectivity index (χ3n) is 3.54. The number of carbonyl (C=O) groups is 2. The van der Waals surface area contributed by atoms with Gasteiger partial charge in [-0.15, -0.1) is 11.8 Å². The van der Waals surface area contributed by atoms with E-state index in [9.17, 15) is 14.9 Å². The van der Waals surface area contributed by atoms with E-state index in [1.54, 1.807) is 38.6 Å². The van der Waals surface area contributed by atoms with Gasteiger partial charge in [-0.05, 0) is 44.5 Å². The van der Waals surface area contributed by atoms with Crippen LogP contribution >= 0.6 is 11.8 Å². The van der Waals surface area contributed by atoms with Crippen molar-refractivity contribution in [3.05, 3.63) is 29.3 Å². The minimum atomic E-state index is -0.650. The van der Waals surface area contributed by atoms with E-state index in [1.165, 1.54) is 0 Å². The molecule has 0 spiro atoms. The van der Waals surface area contributed by atoms with Gasteiger partial charge in [0, 0.05) is 17.2 Å². The smallest absolute Gasteiger partial charge is 0.349 e. The topological polar surface area (TPSA) is 79.6 Å². The van der Waals surface area contributed by atoms with Crippen molar-refractivity contribution in [2.75, 3.05) is 30.3 Å². The summed E-state index contributed by atoms with van der Waals surface area (Å²) in [6.45, 7) is 7.58. The lowest BCUT2D eigenvalue weighted by Gasteiger charge is -2.30. The summed E-state index contributed by atoms with van der Waals surface area (Å²) >= 11 is 1.72. The quantitative estimate of drug-likeness (QED) is 0.249. The Morgan fingerprint density at radius 1 is 1.42 bits per heavy atom. The number of nitrogens with zero attached hydrogens (tertiary/aromatic N) is 2. The molecule has 6 nitrogen and oxygen atoms in total. The number of carbonyl (C=O) groups excluding carboxylic acids is 2. The van der Waals surface area contributed by atoms with E-state index in [4.69, 9.17) is 9.47 Å². The number of rotatable bonds is 6. The lowest BCUT2D eigenvalue weighted by molar-refractivity contribution is -0.149. The van der Waals surface area contributed by atoms with Crippen molar-refractivity contribution in [2.45, 2.75) is 31.3 Å². The maximum atomic E-state index is 12.1. The third-order valence-corrected chi connectivity index (χ3v) is 4.57. The summed E-state index contributed by atoms with van der Waals surface area (Å²) in [7, 11) is 0. The molecule has 0 aromatic heterocycles. The molecule has 2 rings (SSSR count). The molecule has 1 aliphatic heterocycles. The molecule has 0 atom stereocenters. The molecule has 1 aromatic carbocycles. The van der Waals surface area contributed by atoms with Gasteiger partial charge in [0.15, 0.2) is 0 Å². The number of fused-ring (bicyclic) bond motifs is 1. The van der Waals surface area contributed by atoms with Crippen LogP contribution in [0.4, 0.5) is 5.69 Å². The summed E-state index contributed by atoms with van der Waals surface area (Å²) in [5.41, 5.74) is 1.15. The second-order valence-corrected chi connectivity index (χ2v) is 7.84. The summed E-state index contributed by atoms with van der Waals surface area (Å²) < 4.78 is 10.0. The number of nitriles is 1. The second-order valence-electron chi connectivity index (χ2n) is 6.70. The minimum absolute atomic E-state index is 0.0306. The molecule has 1 heterocycles. The number of thioether (sulfide) groups is 1. The summed E-state index contributed by atoms with van der Waals surface area (Å²) in [4.78, 5) is 25.6. The SMILES string of the molecule is CC(C)(C)OC(=O)/C(C#N)=C/c1ccc2c(c1)SCCN2CCOC=O. The molecule has 0 amide bonds. The van der Waals surface area contributed by atoms with Crippen molar-refractivity contribution in [1.82, 2.24) is 0 Å². The molecule has 0 aliphatic carbocycles. The zero-order valence-electron chi connectivity index (χ0n) is 15.2. The Morgan fingerprint density at radius 3 is 2.85 bits per heavy atom. The van der Waals surface area contributed by atoms with Crippen LogP contribution in [0.25, 0.3) is 6.08 Å². The predicted octanol–water partition coefficient (Wildman–Crippen LogP) is 3.02. The van der Waals surface area contributed by atoms with E-state index < -0.39 is 11.6 Å². The van der Waals surface area contributed by atoms with Crippen molar-refractivity contribution in [2.24, 2.45) is 0 Å². The largest absolute Gasteiger partial charge is 0.466 e. The van der Waals surface area contributed by atoms with Crippen molar-refractivity contribution >= 4 is 36.0 Å². The van der Waals surface area contributed by atoms with Crippen LogP contribution in [0.1, 0.15) is 26.3 Å². The number of benzene rings is 1. The van der Waals surface area contributed by atoms with Crippen LogP contribution in [0.2, 0.25) is 0 Å². The number of anilines is 1. The Bertz CT molecular complexity index is 747. The summed E-state index contributed by atoms with van der Waals surface area (Å²) in [5.74, 6) is 0.288. The molecule has 7 heteroatoms. The van der Waals surface area contributed by atoms with Gasteiger partial charge in [-0.1, -0.05) is 6.07 Å². The van der Waals surface area contributed by atoms with Crippen LogP contribution in [0, 0.1) is 11.3 Å². The Hall–Kier alpha value is -2.46. The minimum Gasteiger partial charge on any atom is -0.466 e. The first-order valence-electron chi connectivity index (χ1n) is 8.26. The van der Waals surface area contributed by atoms with Gasteiger partial charge < -0.3 is 14.4 Å². The van der Waals surface area contributed by atoms with Crippen LogP contribution in [-0.4, -0.2) is 43.5 Å². The Morgan fingerprint density at radius 2 is 2.19 bits per heavy atom. The van der Waals surface area contributed by atoms with E-state index in [0.717, 1.165) is 28.4 Å². The van der Waals surface area contributed by atoms with Gasteiger partial charge >= 0.3 is 5.97 Å². The standard InChI is InChI=1S/C19H22N2O4S/c1-19(2,3)25-18(23)15(12-20)10-14-4-5-16-17(11-14)26-9-7-21(16)6-8-24-13-22/h4-5,10-11,13H,6-9H2,1-3H3/b15-10+. The molecule has 0 radical (unpaired) electrons. The number of ether oxygens (including phenoxy) is 2. The maximum Gasteiger partial charge on any atom is 0.349 e. The van der Waals surface area contributed by atoms with Gasteiger partial charge in [0.2, 0.25) is 0 Å². The highest BCUT2D eigenvalue weighted by Crippen LogP contribution is 2.35. The zero-order chi connectivity index (χ0) is 19.2. The van der Waals surface area contributed by atoms with E-state index in [-0.39, 0.29) is 5.57 Å². The highest BCUT2D eigenvalue weighted by molar-refractivity contribution is 7.99. The van der Waals surface area contributed by atoms with E-state index in [1.807, 2.05) is 24.3 Å². The molecule has 0 N–H and O–H groups in total. The fourth-order valence-corrected chi connectivity index (χ4v) is 3.56. The zero-order valence-corrected chi connectivity index (χ0v) is 16.0. The first kappa shape index (κ1) is 19.9. The molecule has 138 valence electrons. The lowest BCUT2D eigenvalue weighted by atomic mass is 10.1. The molecule has 1 aromatic rings. The Kier molecular flexibility index (Phi) is 6.70. The van der Waals surface area contributed by atoms with Gasteiger partial charge in [0.1, 0.15) is 23.9 Å². The molecule has 0 saturated heterocycles. The molecule has 0 unspecified atom stereocenters. The molecule has 0 saturated carbocycles. The molecule has 0 fully saturated rings. The van der Waals surface area contributed by atoms with Crippen molar-refractivity contribution in [3.63, 3.8) is 0 Å². The first-order valence-corrected chi connectivity index (χ1v) is 9.25. The first-order chi connectivity index (χ1) is 12.3.